The molecule has 0 N–H and O–H groups in total. The Morgan fingerprint density at radius 3 is 1.40 bits per heavy atom. The van der Waals surface area contributed by atoms with E-state index in [4.69, 9.17) is 9.47 Å². The van der Waals surface area contributed by atoms with Gasteiger partial charge < -0.3 is 9.47 Å². The molecule has 4 aromatic rings. The van der Waals surface area contributed by atoms with Crippen LogP contribution < -0.4 is 0 Å². The average Bonchev–Trinajstić information content (AvgIpc) is 3.41. The average molecular weight is 944 g/mol. The molecule has 8 aliphatic rings. The van der Waals surface area contributed by atoms with Crippen molar-refractivity contribution in [2.45, 2.75) is 205 Å². The van der Waals surface area contributed by atoms with Crippen molar-refractivity contribution >= 4 is 33.5 Å². The SMILES string of the molecule is CC1CCC(N(C2CCC(C(C)(C3CCC(OC(=O)c4ccc5ccccc5c4)CC3)C3CCC(OC(=O)c4ccc5ccccc5c4)CC3)CC2)C2CCC3CCC4CCCC5CCC2C3C45)CC1. The Morgan fingerprint density at radius 1 is 0.457 bits per heavy atom. The second kappa shape index (κ2) is 20.3. The van der Waals surface area contributed by atoms with E-state index in [9.17, 15) is 9.59 Å². The van der Waals surface area contributed by atoms with Gasteiger partial charge in [0.15, 0.2) is 0 Å². The third-order valence-corrected chi connectivity index (χ3v) is 22.2. The summed E-state index contributed by atoms with van der Waals surface area (Å²) in [5.41, 5.74) is 1.54. The molecule has 0 radical (unpaired) electrons. The number of hydrogen-bond donors (Lipinski definition) is 0. The quantitative estimate of drug-likeness (QED) is 0.148. The topological polar surface area (TPSA) is 55.8 Å². The number of hydrogen-bond acceptors (Lipinski definition) is 5. The van der Waals surface area contributed by atoms with E-state index in [2.05, 4.69) is 43.0 Å². The van der Waals surface area contributed by atoms with Crippen LogP contribution in [0.4, 0.5) is 0 Å². The van der Waals surface area contributed by atoms with Crippen LogP contribution in [0.2, 0.25) is 0 Å². The van der Waals surface area contributed by atoms with Crippen LogP contribution in [0.15, 0.2) is 84.9 Å². The Hall–Kier alpha value is -3.70. The molecular weight excluding hydrogens is 859 g/mol. The molecule has 0 spiro atoms. The minimum absolute atomic E-state index is 0.0227. The summed E-state index contributed by atoms with van der Waals surface area (Å²) in [6.07, 6.45) is 33.1. The smallest absolute Gasteiger partial charge is 0.338 e. The summed E-state index contributed by atoms with van der Waals surface area (Å²) in [6.45, 7) is 5.26. The normalized spacial score (nSPS) is 37.5. The summed E-state index contributed by atoms with van der Waals surface area (Å²) in [4.78, 5) is 30.6. The van der Waals surface area contributed by atoms with Crippen molar-refractivity contribution in [1.29, 1.82) is 0 Å². The molecule has 70 heavy (non-hydrogen) atoms. The maximum absolute atomic E-state index is 13.6. The highest BCUT2D eigenvalue weighted by Crippen LogP contribution is 2.62. The number of ether oxygens (including phenoxy) is 2. The number of rotatable bonds is 10. The number of fused-ring (bicyclic) bond motifs is 2. The molecule has 12 rings (SSSR count). The van der Waals surface area contributed by atoms with Crippen molar-refractivity contribution in [1.82, 2.24) is 4.90 Å². The third kappa shape index (κ3) is 9.21. The summed E-state index contributed by atoms with van der Waals surface area (Å²) >= 11 is 0. The van der Waals surface area contributed by atoms with Crippen LogP contribution in [-0.2, 0) is 9.47 Å². The maximum Gasteiger partial charge on any atom is 0.338 e. The maximum atomic E-state index is 13.6. The second-order valence-electron chi connectivity index (χ2n) is 25.4. The molecule has 0 amide bonds. The lowest BCUT2D eigenvalue weighted by atomic mass is 9.47. The molecule has 7 atom stereocenters. The molecular formula is C65H85NO4. The highest BCUT2D eigenvalue weighted by Gasteiger charge is 2.56. The molecule has 5 nitrogen and oxygen atoms in total. The number of esters is 2. The van der Waals surface area contributed by atoms with Gasteiger partial charge >= 0.3 is 11.9 Å². The summed E-state index contributed by atoms with van der Waals surface area (Å²) in [7, 11) is 0. The van der Waals surface area contributed by atoms with E-state index in [-0.39, 0.29) is 29.6 Å². The first-order valence-electron chi connectivity index (χ1n) is 29.4. The molecule has 8 fully saturated rings. The van der Waals surface area contributed by atoms with Crippen LogP contribution in [-0.4, -0.2) is 47.2 Å². The molecule has 0 saturated heterocycles. The Labute approximate surface area is 421 Å². The molecule has 8 saturated carbocycles. The number of nitrogens with zero attached hydrogens (tertiary/aromatic N) is 1. The molecule has 374 valence electrons. The summed E-state index contributed by atoms with van der Waals surface area (Å²) in [6, 6.07) is 30.8. The Morgan fingerprint density at radius 2 is 0.886 bits per heavy atom. The standard InChI is InChI=1S/C65H85NO4/c1-42-14-30-55(31-15-42)66(60-39-23-47-19-18-45-12-7-13-46-22-38-59(60)62(47)61(45)46)56-32-24-52(25-33-56)65(2,53-26-34-57(35-27-53)69-63(67)50-20-16-43-8-3-5-10-48(43)40-50)54-28-36-58(37-29-54)70-64(68)51-21-17-44-9-4-6-11-49(44)41-51/h3-6,8-11,16-17,20-21,40-42,45-47,52-62H,7,12-15,18-19,22-39H2,1-2H3. The van der Waals surface area contributed by atoms with Crippen molar-refractivity contribution in [2.75, 3.05) is 0 Å². The number of carbonyl (C=O) groups excluding carboxylic acids is 2. The number of carbonyl (C=O) groups is 2. The van der Waals surface area contributed by atoms with Gasteiger partial charge in [0.2, 0.25) is 0 Å². The summed E-state index contributed by atoms with van der Waals surface area (Å²) < 4.78 is 12.7. The van der Waals surface area contributed by atoms with Gasteiger partial charge in [-0.05, 0) is 252 Å². The third-order valence-electron chi connectivity index (χ3n) is 22.2. The second-order valence-corrected chi connectivity index (χ2v) is 25.4. The zero-order valence-electron chi connectivity index (χ0n) is 43.0. The van der Waals surface area contributed by atoms with Gasteiger partial charge in [-0.3, -0.25) is 4.90 Å². The first-order valence-corrected chi connectivity index (χ1v) is 29.4. The lowest BCUT2D eigenvalue weighted by Gasteiger charge is -2.62. The van der Waals surface area contributed by atoms with Gasteiger partial charge in [-0.15, -0.1) is 0 Å². The van der Waals surface area contributed by atoms with E-state index < -0.39 is 0 Å². The molecule has 7 unspecified atom stereocenters. The van der Waals surface area contributed by atoms with E-state index >= 15 is 0 Å². The Balaban J connectivity index is 0.759. The van der Waals surface area contributed by atoms with Gasteiger partial charge in [0.1, 0.15) is 12.2 Å². The molecule has 8 aliphatic carbocycles. The molecule has 0 aliphatic heterocycles. The van der Waals surface area contributed by atoms with Gasteiger partial charge in [-0.1, -0.05) is 93.8 Å². The van der Waals surface area contributed by atoms with Crippen molar-refractivity contribution in [3.63, 3.8) is 0 Å². The van der Waals surface area contributed by atoms with Gasteiger partial charge in [0.25, 0.3) is 0 Å². The molecule has 5 heteroatoms. The van der Waals surface area contributed by atoms with Crippen LogP contribution in [0.25, 0.3) is 21.5 Å². The molecule has 4 aromatic carbocycles. The van der Waals surface area contributed by atoms with Crippen LogP contribution in [0, 0.1) is 64.6 Å². The fourth-order valence-electron chi connectivity index (χ4n) is 18.7. The van der Waals surface area contributed by atoms with Crippen LogP contribution in [0.1, 0.15) is 195 Å². The minimum Gasteiger partial charge on any atom is -0.459 e. The van der Waals surface area contributed by atoms with E-state index in [0.29, 0.717) is 28.9 Å². The highest BCUT2D eigenvalue weighted by atomic mass is 16.5. The van der Waals surface area contributed by atoms with Gasteiger partial charge in [-0.25, -0.2) is 9.59 Å². The van der Waals surface area contributed by atoms with Crippen LogP contribution in [0.5, 0.6) is 0 Å². The lowest BCUT2D eigenvalue weighted by molar-refractivity contribution is -0.128. The van der Waals surface area contributed by atoms with E-state index in [1.807, 2.05) is 60.7 Å². The first kappa shape index (κ1) is 47.3. The van der Waals surface area contributed by atoms with Crippen molar-refractivity contribution < 1.29 is 19.1 Å². The zero-order chi connectivity index (χ0) is 47.3. The summed E-state index contributed by atoms with van der Waals surface area (Å²) in [5.74, 6) is 8.57. The van der Waals surface area contributed by atoms with Gasteiger partial charge in [-0.2, -0.15) is 0 Å². The van der Waals surface area contributed by atoms with Crippen molar-refractivity contribution in [2.24, 2.45) is 64.6 Å². The fourth-order valence-corrected chi connectivity index (χ4v) is 18.7. The van der Waals surface area contributed by atoms with Gasteiger partial charge in [0.05, 0.1) is 11.1 Å². The van der Waals surface area contributed by atoms with Crippen molar-refractivity contribution in [3.8, 4) is 0 Å². The van der Waals surface area contributed by atoms with Crippen molar-refractivity contribution in [3.05, 3.63) is 96.1 Å². The monoisotopic (exact) mass is 944 g/mol. The van der Waals surface area contributed by atoms with Crippen LogP contribution >= 0.6 is 0 Å². The van der Waals surface area contributed by atoms with E-state index in [0.717, 1.165) is 132 Å². The molecule has 0 heterocycles. The van der Waals surface area contributed by atoms with E-state index in [1.54, 1.807) is 6.42 Å². The predicted octanol–water partition coefficient (Wildman–Crippen LogP) is 16.2. The molecule has 0 aromatic heterocycles. The van der Waals surface area contributed by atoms with Gasteiger partial charge in [0, 0.05) is 18.1 Å². The molecule has 0 bridgehead atoms. The van der Waals surface area contributed by atoms with E-state index in [1.165, 1.54) is 103 Å². The minimum atomic E-state index is -0.174. The largest absolute Gasteiger partial charge is 0.459 e. The Kier molecular flexibility index (Phi) is 13.7. The zero-order valence-corrected chi connectivity index (χ0v) is 43.0. The lowest BCUT2D eigenvalue weighted by Crippen LogP contribution is -2.61. The predicted molar refractivity (Wildman–Crippen MR) is 284 cm³/mol. The van der Waals surface area contributed by atoms with Crippen LogP contribution in [0.3, 0.4) is 0 Å². The highest BCUT2D eigenvalue weighted by molar-refractivity contribution is 5.96. The Bertz CT molecular complexity index is 2330. The first-order chi connectivity index (χ1) is 34.3. The summed E-state index contributed by atoms with van der Waals surface area (Å²) in [5, 5.41) is 4.47. The fraction of sp³-hybridized carbons (Fsp3) is 0.662. The number of benzene rings is 4.